The SMILES string of the molecule is CC(C)(C)OC(=O)N[C@H]1CCCC[C@H]1Oc1ccc2c(c1)CN(C1CCC(=O)NC1=O)C2=O. The lowest BCUT2D eigenvalue weighted by Crippen LogP contribution is -2.52. The van der Waals surface area contributed by atoms with Crippen LogP contribution in [0.5, 0.6) is 5.75 Å². The van der Waals surface area contributed by atoms with Crippen molar-refractivity contribution in [2.75, 3.05) is 0 Å². The normalized spacial score (nSPS) is 25.4. The smallest absolute Gasteiger partial charge is 0.408 e. The first kappa shape index (κ1) is 23.1. The second-order valence-corrected chi connectivity index (χ2v) is 9.91. The minimum absolute atomic E-state index is 0.163. The molecule has 4 amide bonds. The maximum absolute atomic E-state index is 12.9. The molecule has 2 aliphatic heterocycles. The molecule has 178 valence electrons. The summed E-state index contributed by atoms with van der Waals surface area (Å²) in [4.78, 5) is 50.3. The van der Waals surface area contributed by atoms with Gasteiger partial charge in [0.15, 0.2) is 0 Å². The zero-order valence-corrected chi connectivity index (χ0v) is 19.3. The molecular formula is C24H31N3O6. The minimum atomic E-state index is -0.646. The Morgan fingerprint density at radius 2 is 1.88 bits per heavy atom. The van der Waals surface area contributed by atoms with Gasteiger partial charge in [-0.2, -0.15) is 0 Å². The van der Waals surface area contributed by atoms with E-state index in [-0.39, 0.29) is 30.4 Å². The van der Waals surface area contributed by atoms with E-state index in [1.165, 1.54) is 4.90 Å². The predicted octanol–water partition coefficient (Wildman–Crippen LogP) is 2.66. The molecule has 1 aliphatic carbocycles. The molecule has 1 saturated carbocycles. The van der Waals surface area contributed by atoms with Crippen LogP contribution in [0.3, 0.4) is 0 Å². The minimum Gasteiger partial charge on any atom is -0.488 e. The van der Waals surface area contributed by atoms with Crippen molar-refractivity contribution in [2.24, 2.45) is 0 Å². The molecule has 2 fully saturated rings. The Morgan fingerprint density at radius 3 is 2.61 bits per heavy atom. The summed E-state index contributed by atoms with van der Waals surface area (Å²) in [7, 11) is 0. The number of nitrogens with one attached hydrogen (secondary N) is 2. The summed E-state index contributed by atoms with van der Waals surface area (Å²) in [6.45, 7) is 5.77. The van der Waals surface area contributed by atoms with E-state index in [9.17, 15) is 19.2 Å². The second kappa shape index (κ2) is 9.03. The number of hydrogen-bond acceptors (Lipinski definition) is 6. The van der Waals surface area contributed by atoms with E-state index in [0.717, 1.165) is 31.2 Å². The molecule has 9 heteroatoms. The Morgan fingerprint density at radius 1 is 1.12 bits per heavy atom. The highest BCUT2D eigenvalue weighted by Crippen LogP contribution is 2.32. The van der Waals surface area contributed by atoms with Crippen molar-refractivity contribution in [3.8, 4) is 5.75 Å². The van der Waals surface area contributed by atoms with Crippen LogP contribution in [-0.4, -0.2) is 52.5 Å². The number of amides is 4. The van der Waals surface area contributed by atoms with Gasteiger partial charge in [0.05, 0.1) is 6.04 Å². The molecule has 33 heavy (non-hydrogen) atoms. The Kier molecular flexibility index (Phi) is 6.32. The van der Waals surface area contributed by atoms with Gasteiger partial charge in [-0.1, -0.05) is 6.42 Å². The lowest BCUT2D eigenvalue weighted by atomic mass is 9.92. The highest BCUT2D eigenvalue weighted by molar-refractivity contribution is 6.05. The summed E-state index contributed by atoms with van der Waals surface area (Å²) < 4.78 is 11.6. The number of imide groups is 1. The fourth-order valence-corrected chi connectivity index (χ4v) is 4.66. The largest absolute Gasteiger partial charge is 0.488 e. The van der Waals surface area contributed by atoms with Gasteiger partial charge in [-0.25, -0.2) is 4.79 Å². The van der Waals surface area contributed by atoms with Gasteiger partial charge in [0.1, 0.15) is 23.5 Å². The van der Waals surface area contributed by atoms with Crippen molar-refractivity contribution < 1.29 is 28.7 Å². The molecule has 9 nitrogen and oxygen atoms in total. The van der Waals surface area contributed by atoms with Gasteiger partial charge in [-0.05, 0) is 70.2 Å². The van der Waals surface area contributed by atoms with Crippen LogP contribution in [0.1, 0.15) is 75.2 Å². The van der Waals surface area contributed by atoms with Crippen molar-refractivity contribution in [2.45, 2.75) is 89.6 Å². The maximum Gasteiger partial charge on any atom is 0.408 e. The number of carbonyl (C=O) groups excluding carboxylic acids is 4. The maximum atomic E-state index is 12.9. The van der Waals surface area contributed by atoms with Crippen LogP contribution in [0.15, 0.2) is 18.2 Å². The van der Waals surface area contributed by atoms with Gasteiger partial charge in [0, 0.05) is 18.5 Å². The average molecular weight is 458 g/mol. The topological polar surface area (TPSA) is 114 Å². The first-order valence-electron chi connectivity index (χ1n) is 11.5. The monoisotopic (exact) mass is 457 g/mol. The Hall–Kier alpha value is -3.10. The van der Waals surface area contributed by atoms with E-state index in [1.54, 1.807) is 12.1 Å². The van der Waals surface area contributed by atoms with Gasteiger partial charge in [-0.3, -0.25) is 19.7 Å². The fraction of sp³-hybridized carbons (Fsp3) is 0.583. The van der Waals surface area contributed by atoms with E-state index in [4.69, 9.17) is 9.47 Å². The Labute approximate surface area is 193 Å². The summed E-state index contributed by atoms with van der Waals surface area (Å²) in [5, 5.41) is 5.26. The zero-order valence-electron chi connectivity index (χ0n) is 19.3. The highest BCUT2D eigenvalue weighted by atomic mass is 16.6. The summed E-state index contributed by atoms with van der Waals surface area (Å²) >= 11 is 0. The van der Waals surface area contributed by atoms with Gasteiger partial charge in [0.2, 0.25) is 11.8 Å². The van der Waals surface area contributed by atoms with E-state index in [1.807, 2.05) is 26.8 Å². The van der Waals surface area contributed by atoms with Crippen molar-refractivity contribution >= 4 is 23.8 Å². The Bertz CT molecular complexity index is 969. The van der Waals surface area contributed by atoms with Crippen LogP contribution < -0.4 is 15.4 Å². The molecule has 2 N–H and O–H groups in total. The average Bonchev–Trinajstić information content (AvgIpc) is 3.04. The van der Waals surface area contributed by atoms with Crippen LogP contribution in [0, 0.1) is 0 Å². The number of fused-ring (bicyclic) bond motifs is 1. The highest BCUT2D eigenvalue weighted by Gasteiger charge is 2.39. The molecule has 1 aromatic rings. The van der Waals surface area contributed by atoms with Gasteiger partial charge >= 0.3 is 6.09 Å². The molecule has 1 unspecified atom stereocenters. The second-order valence-electron chi connectivity index (χ2n) is 9.91. The molecule has 1 saturated heterocycles. The van der Waals surface area contributed by atoms with Crippen LogP contribution in [-0.2, 0) is 20.9 Å². The summed E-state index contributed by atoms with van der Waals surface area (Å²) in [6, 6.07) is 4.50. The molecule has 2 heterocycles. The number of benzene rings is 1. The summed E-state index contributed by atoms with van der Waals surface area (Å²) in [5.41, 5.74) is 0.754. The molecule has 4 rings (SSSR count). The molecule has 3 atom stereocenters. The first-order valence-corrected chi connectivity index (χ1v) is 11.5. The number of piperidine rings is 1. The van der Waals surface area contributed by atoms with Gasteiger partial charge < -0.3 is 19.7 Å². The van der Waals surface area contributed by atoms with Gasteiger partial charge in [-0.15, -0.1) is 0 Å². The number of ether oxygens (including phenoxy) is 2. The van der Waals surface area contributed by atoms with Crippen molar-refractivity contribution in [1.82, 2.24) is 15.5 Å². The third-order valence-corrected chi connectivity index (χ3v) is 6.19. The summed E-state index contributed by atoms with van der Waals surface area (Å²) in [5.74, 6) is -0.331. The lowest BCUT2D eigenvalue weighted by Gasteiger charge is -2.33. The third kappa shape index (κ3) is 5.29. The van der Waals surface area contributed by atoms with Crippen molar-refractivity contribution in [3.05, 3.63) is 29.3 Å². The zero-order chi connectivity index (χ0) is 23.8. The molecule has 0 bridgehead atoms. The number of rotatable bonds is 4. The standard InChI is InChI=1S/C24H31N3O6/c1-24(2,3)33-23(31)25-17-6-4-5-7-19(17)32-15-8-9-16-14(12-15)13-27(22(16)30)18-10-11-20(28)26-21(18)29/h8-9,12,17-19H,4-7,10-11,13H2,1-3H3,(H,25,31)(H,26,28,29)/t17-,18?,19+/m0/s1. The van der Waals surface area contributed by atoms with Crippen LogP contribution >= 0.6 is 0 Å². The van der Waals surface area contributed by atoms with E-state index >= 15 is 0 Å². The molecule has 0 aromatic heterocycles. The molecular weight excluding hydrogens is 426 g/mol. The number of hydrogen-bond donors (Lipinski definition) is 2. The quantitative estimate of drug-likeness (QED) is 0.672. The molecule has 3 aliphatic rings. The van der Waals surface area contributed by atoms with Crippen molar-refractivity contribution in [3.63, 3.8) is 0 Å². The Balaban J connectivity index is 1.43. The predicted molar refractivity (Wildman–Crippen MR) is 119 cm³/mol. The van der Waals surface area contributed by atoms with E-state index < -0.39 is 23.6 Å². The first-order chi connectivity index (χ1) is 15.6. The fourth-order valence-electron chi connectivity index (χ4n) is 4.66. The number of alkyl carbamates (subject to hydrolysis) is 1. The van der Waals surface area contributed by atoms with Crippen LogP contribution in [0.4, 0.5) is 4.79 Å². The van der Waals surface area contributed by atoms with Crippen LogP contribution in [0.25, 0.3) is 0 Å². The molecule has 1 aromatic carbocycles. The third-order valence-electron chi connectivity index (χ3n) is 6.19. The molecule has 0 radical (unpaired) electrons. The van der Waals surface area contributed by atoms with Crippen molar-refractivity contribution in [1.29, 1.82) is 0 Å². The van der Waals surface area contributed by atoms with Gasteiger partial charge in [0.25, 0.3) is 5.91 Å². The van der Waals surface area contributed by atoms with Crippen LogP contribution in [0.2, 0.25) is 0 Å². The van der Waals surface area contributed by atoms with E-state index in [2.05, 4.69) is 10.6 Å². The number of carbonyl (C=O) groups is 4. The lowest BCUT2D eigenvalue weighted by molar-refractivity contribution is -0.136. The van der Waals surface area contributed by atoms with E-state index in [0.29, 0.717) is 24.3 Å². The molecule has 0 spiro atoms. The summed E-state index contributed by atoms with van der Waals surface area (Å²) in [6.07, 6.45) is 3.50. The number of nitrogens with zero attached hydrogens (tertiary/aromatic N) is 1.